The summed E-state index contributed by atoms with van der Waals surface area (Å²) in [7, 11) is 1.51. The smallest absolute Gasteiger partial charge is 0.229 e. The number of rotatable bonds is 4. The minimum absolute atomic E-state index is 0.0353. The summed E-state index contributed by atoms with van der Waals surface area (Å²) in [6.45, 7) is 0.189. The lowest BCUT2D eigenvalue weighted by Gasteiger charge is -2.19. The van der Waals surface area contributed by atoms with Crippen molar-refractivity contribution >= 4 is 23.2 Å². The van der Waals surface area contributed by atoms with Gasteiger partial charge in [0.25, 0.3) is 0 Å². The number of nitrogens with one attached hydrogen (secondary N) is 1. The minimum Gasteiger partial charge on any atom is -0.495 e. The van der Waals surface area contributed by atoms with Gasteiger partial charge < -0.3 is 15.0 Å². The second-order valence-corrected chi connectivity index (χ2v) is 5.70. The van der Waals surface area contributed by atoms with E-state index in [0.717, 1.165) is 12.1 Å². The van der Waals surface area contributed by atoms with Crippen LogP contribution in [0, 0.1) is 17.6 Å². The average Bonchev–Trinajstić information content (AvgIpc) is 3.00. The Kier molecular flexibility index (Phi) is 4.65. The molecule has 0 spiro atoms. The normalized spacial score (nSPS) is 16.8. The van der Waals surface area contributed by atoms with Crippen LogP contribution in [0.2, 0.25) is 0 Å². The van der Waals surface area contributed by atoms with Gasteiger partial charge in [0.05, 0.1) is 18.7 Å². The maximum atomic E-state index is 13.2. The third-order valence-corrected chi connectivity index (χ3v) is 4.06. The molecule has 1 N–H and O–H groups in total. The molecule has 2 aromatic carbocycles. The lowest BCUT2D eigenvalue weighted by molar-refractivity contribution is -0.122. The van der Waals surface area contributed by atoms with Gasteiger partial charge in [-0.1, -0.05) is 12.1 Å². The summed E-state index contributed by atoms with van der Waals surface area (Å²) in [5.74, 6) is -2.71. The molecule has 130 valence electrons. The molecule has 0 saturated carbocycles. The van der Waals surface area contributed by atoms with Crippen molar-refractivity contribution in [3.63, 3.8) is 0 Å². The number of hydrogen-bond acceptors (Lipinski definition) is 3. The minimum atomic E-state index is -1.05. The molecule has 5 nitrogen and oxygen atoms in total. The number of carbonyl (C=O) groups is 2. The molecule has 0 bridgehead atoms. The summed E-state index contributed by atoms with van der Waals surface area (Å²) in [5.41, 5.74) is 0.741. The van der Waals surface area contributed by atoms with Crippen LogP contribution in [0.4, 0.5) is 20.2 Å². The van der Waals surface area contributed by atoms with E-state index in [-0.39, 0.29) is 24.6 Å². The molecular formula is C18H16F2N2O3. The van der Waals surface area contributed by atoms with Crippen molar-refractivity contribution in [3.8, 4) is 5.75 Å². The monoisotopic (exact) mass is 346 g/mol. The third kappa shape index (κ3) is 3.45. The summed E-state index contributed by atoms with van der Waals surface area (Å²) >= 11 is 0. The molecule has 1 aliphatic rings. The largest absolute Gasteiger partial charge is 0.495 e. The van der Waals surface area contributed by atoms with Gasteiger partial charge in [-0.25, -0.2) is 8.78 Å². The van der Waals surface area contributed by atoms with Gasteiger partial charge in [-0.2, -0.15) is 0 Å². The van der Waals surface area contributed by atoms with Crippen molar-refractivity contribution in [1.29, 1.82) is 0 Å². The first kappa shape index (κ1) is 16.9. The van der Waals surface area contributed by atoms with Gasteiger partial charge in [-0.3, -0.25) is 9.59 Å². The summed E-state index contributed by atoms with van der Waals surface area (Å²) in [6.07, 6.45) is 0.0353. The molecule has 1 fully saturated rings. The van der Waals surface area contributed by atoms with E-state index in [0.29, 0.717) is 11.4 Å². The summed E-state index contributed by atoms with van der Waals surface area (Å²) in [4.78, 5) is 26.1. The van der Waals surface area contributed by atoms with Crippen LogP contribution >= 0.6 is 0 Å². The standard InChI is InChI=1S/C18H16F2N2O3/c1-25-16-5-3-2-4-15(16)22-10-11(8-17(22)23)18(24)21-12-6-7-13(19)14(20)9-12/h2-7,9,11H,8,10H2,1H3,(H,21,24). The molecule has 1 unspecified atom stereocenters. The Bertz CT molecular complexity index is 826. The lowest BCUT2D eigenvalue weighted by Crippen LogP contribution is -2.28. The van der Waals surface area contributed by atoms with Crippen LogP contribution in [0.1, 0.15) is 6.42 Å². The van der Waals surface area contributed by atoms with Gasteiger partial charge >= 0.3 is 0 Å². The fraction of sp³-hybridized carbons (Fsp3) is 0.222. The molecule has 1 atom stereocenters. The zero-order valence-corrected chi connectivity index (χ0v) is 13.5. The van der Waals surface area contributed by atoms with Gasteiger partial charge in [0.2, 0.25) is 11.8 Å². The lowest BCUT2D eigenvalue weighted by atomic mass is 10.1. The molecule has 1 aliphatic heterocycles. The molecule has 2 aromatic rings. The van der Waals surface area contributed by atoms with E-state index < -0.39 is 23.5 Å². The first-order valence-electron chi connectivity index (χ1n) is 7.69. The predicted molar refractivity (Wildman–Crippen MR) is 88.4 cm³/mol. The van der Waals surface area contributed by atoms with Crippen molar-refractivity contribution in [2.45, 2.75) is 6.42 Å². The highest BCUT2D eigenvalue weighted by Crippen LogP contribution is 2.33. The topological polar surface area (TPSA) is 58.6 Å². The number of hydrogen-bond donors (Lipinski definition) is 1. The molecule has 25 heavy (non-hydrogen) atoms. The van der Waals surface area contributed by atoms with Gasteiger partial charge in [0, 0.05) is 24.7 Å². The van der Waals surface area contributed by atoms with Crippen molar-refractivity contribution in [2.75, 3.05) is 23.9 Å². The Balaban J connectivity index is 1.73. The number of amides is 2. The van der Waals surface area contributed by atoms with Gasteiger partial charge in [-0.05, 0) is 24.3 Å². The Morgan fingerprint density at radius 3 is 2.68 bits per heavy atom. The molecule has 1 heterocycles. The molecule has 2 amide bonds. The van der Waals surface area contributed by atoms with E-state index in [1.54, 1.807) is 24.3 Å². The first-order chi connectivity index (χ1) is 12.0. The van der Waals surface area contributed by atoms with Crippen LogP contribution in [0.25, 0.3) is 0 Å². The SMILES string of the molecule is COc1ccccc1N1CC(C(=O)Nc2ccc(F)c(F)c2)CC1=O. The highest BCUT2D eigenvalue weighted by molar-refractivity contribution is 6.04. The van der Waals surface area contributed by atoms with Crippen LogP contribution in [0.3, 0.4) is 0 Å². The van der Waals surface area contributed by atoms with Crippen LogP contribution in [0.5, 0.6) is 5.75 Å². The van der Waals surface area contributed by atoms with Crippen LogP contribution in [-0.4, -0.2) is 25.5 Å². The zero-order valence-electron chi connectivity index (χ0n) is 13.5. The first-order valence-corrected chi connectivity index (χ1v) is 7.69. The molecule has 3 rings (SSSR count). The number of nitrogens with zero attached hydrogens (tertiary/aromatic N) is 1. The Morgan fingerprint density at radius 2 is 1.96 bits per heavy atom. The van der Waals surface area contributed by atoms with Gasteiger partial charge in [-0.15, -0.1) is 0 Å². The van der Waals surface area contributed by atoms with Crippen LogP contribution in [-0.2, 0) is 9.59 Å². The molecule has 0 aliphatic carbocycles. The molecule has 0 radical (unpaired) electrons. The fourth-order valence-electron chi connectivity index (χ4n) is 2.79. The number of methoxy groups -OCH3 is 1. The maximum Gasteiger partial charge on any atom is 0.229 e. The molecular weight excluding hydrogens is 330 g/mol. The number of carbonyl (C=O) groups excluding carboxylic acids is 2. The predicted octanol–water partition coefficient (Wildman–Crippen LogP) is 2.97. The number of benzene rings is 2. The number of para-hydroxylation sites is 2. The Labute approximate surface area is 143 Å². The highest BCUT2D eigenvalue weighted by atomic mass is 19.2. The summed E-state index contributed by atoms with van der Waals surface area (Å²) < 4.78 is 31.4. The quantitative estimate of drug-likeness (QED) is 0.926. The summed E-state index contributed by atoms with van der Waals surface area (Å²) in [6, 6.07) is 10.2. The zero-order chi connectivity index (χ0) is 18.0. The van der Waals surface area contributed by atoms with E-state index in [4.69, 9.17) is 4.74 Å². The highest BCUT2D eigenvalue weighted by Gasteiger charge is 2.36. The van der Waals surface area contributed by atoms with Crippen LogP contribution in [0.15, 0.2) is 42.5 Å². The average molecular weight is 346 g/mol. The maximum absolute atomic E-state index is 13.2. The van der Waals surface area contributed by atoms with Gasteiger partial charge in [0.15, 0.2) is 11.6 Å². The number of anilines is 2. The van der Waals surface area contributed by atoms with E-state index in [9.17, 15) is 18.4 Å². The Hall–Kier alpha value is -2.96. The number of ether oxygens (including phenoxy) is 1. The second-order valence-electron chi connectivity index (χ2n) is 5.70. The second kappa shape index (κ2) is 6.88. The van der Waals surface area contributed by atoms with Gasteiger partial charge in [0.1, 0.15) is 5.75 Å². The number of halogens is 2. The van der Waals surface area contributed by atoms with Crippen molar-refractivity contribution in [1.82, 2.24) is 0 Å². The van der Waals surface area contributed by atoms with Crippen molar-refractivity contribution in [2.24, 2.45) is 5.92 Å². The third-order valence-electron chi connectivity index (χ3n) is 4.06. The summed E-state index contributed by atoms with van der Waals surface area (Å²) in [5, 5.41) is 2.52. The van der Waals surface area contributed by atoms with Crippen LogP contribution < -0.4 is 15.0 Å². The van der Waals surface area contributed by atoms with E-state index in [1.807, 2.05) is 0 Å². The van der Waals surface area contributed by atoms with Crippen molar-refractivity contribution in [3.05, 3.63) is 54.1 Å². The van der Waals surface area contributed by atoms with E-state index in [1.165, 1.54) is 18.1 Å². The van der Waals surface area contributed by atoms with Crippen molar-refractivity contribution < 1.29 is 23.1 Å². The fourth-order valence-corrected chi connectivity index (χ4v) is 2.79. The van der Waals surface area contributed by atoms with E-state index in [2.05, 4.69) is 5.32 Å². The Morgan fingerprint density at radius 1 is 1.20 bits per heavy atom. The molecule has 1 saturated heterocycles. The molecule has 0 aromatic heterocycles. The van der Waals surface area contributed by atoms with E-state index >= 15 is 0 Å². The molecule has 7 heteroatoms.